The smallest absolute Gasteiger partial charge is 0.292 e. The lowest BCUT2D eigenvalue weighted by Crippen LogP contribution is -2.10. The Morgan fingerprint density at radius 3 is 2.63 bits per heavy atom. The normalized spacial score (nSPS) is 9.11. The molecule has 0 saturated carbocycles. The molecule has 0 aliphatic carbocycles. The van der Waals surface area contributed by atoms with Gasteiger partial charge in [-0.25, -0.2) is 0 Å². The third-order valence-electron chi connectivity index (χ3n) is 1.89. The Labute approximate surface area is 113 Å². The van der Waals surface area contributed by atoms with E-state index < -0.39 is 0 Å². The number of carbonyl (C=O) groups is 1. The highest BCUT2D eigenvalue weighted by atomic mass is 16.5. The van der Waals surface area contributed by atoms with Crippen molar-refractivity contribution in [3.05, 3.63) is 18.0 Å². The number of aromatic nitrogens is 2. The van der Waals surface area contributed by atoms with Gasteiger partial charge in [0.15, 0.2) is 0 Å². The molecule has 19 heavy (non-hydrogen) atoms. The van der Waals surface area contributed by atoms with E-state index in [4.69, 9.17) is 20.7 Å². The second kappa shape index (κ2) is 12.6. The predicted octanol–water partition coefficient (Wildman–Crippen LogP) is 0.647. The van der Waals surface area contributed by atoms with Gasteiger partial charge >= 0.3 is 0 Å². The first-order valence-electron chi connectivity index (χ1n) is 5.80. The zero-order valence-corrected chi connectivity index (χ0v) is 11.4. The van der Waals surface area contributed by atoms with Gasteiger partial charge in [0.2, 0.25) is 0 Å². The molecular formula is C13H20N2O4. The van der Waals surface area contributed by atoms with Crippen LogP contribution in [0.25, 0.3) is 0 Å². The molecular weight excluding hydrogens is 248 g/mol. The molecule has 0 aromatic carbocycles. The molecule has 6 heteroatoms. The van der Waals surface area contributed by atoms with Gasteiger partial charge in [0.1, 0.15) is 6.61 Å². The van der Waals surface area contributed by atoms with E-state index in [2.05, 4.69) is 15.8 Å². The number of nitrogens with zero attached hydrogens (tertiary/aromatic N) is 2. The van der Waals surface area contributed by atoms with Crippen LogP contribution in [0.3, 0.4) is 0 Å². The van der Waals surface area contributed by atoms with E-state index in [-0.39, 0.29) is 0 Å². The van der Waals surface area contributed by atoms with Crippen LogP contribution in [0.15, 0.2) is 12.3 Å². The molecule has 0 atom stereocenters. The van der Waals surface area contributed by atoms with E-state index in [0.29, 0.717) is 32.9 Å². The number of rotatable bonds is 8. The summed E-state index contributed by atoms with van der Waals surface area (Å²) in [6.07, 6.45) is 6.96. The van der Waals surface area contributed by atoms with Crippen molar-refractivity contribution in [2.45, 2.75) is 13.5 Å². The topological polar surface area (TPSA) is 62.6 Å². The molecule has 0 aliphatic rings. The van der Waals surface area contributed by atoms with Gasteiger partial charge in [0.05, 0.1) is 39.2 Å². The van der Waals surface area contributed by atoms with Crippen LogP contribution in [-0.4, -0.2) is 49.8 Å². The van der Waals surface area contributed by atoms with Gasteiger partial charge in [-0.1, -0.05) is 5.92 Å². The van der Waals surface area contributed by atoms with Crippen molar-refractivity contribution in [1.82, 2.24) is 9.78 Å². The van der Waals surface area contributed by atoms with Crippen LogP contribution < -0.4 is 0 Å². The van der Waals surface area contributed by atoms with E-state index in [0.717, 1.165) is 12.2 Å². The summed E-state index contributed by atoms with van der Waals surface area (Å²) in [5.41, 5.74) is 1.02. The van der Waals surface area contributed by atoms with Crippen molar-refractivity contribution in [1.29, 1.82) is 0 Å². The molecule has 0 N–H and O–H groups in total. The molecule has 1 aromatic heterocycles. The van der Waals surface area contributed by atoms with Crippen LogP contribution in [0.4, 0.5) is 0 Å². The fourth-order valence-corrected chi connectivity index (χ4v) is 1.10. The Hall–Kier alpha value is -1.84. The first kappa shape index (κ1) is 17.2. The van der Waals surface area contributed by atoms with Crippen molar-refractivity contribution >= 4 is 6.47 Å². The summed E-state index contributed by atoms with van der Waals surface area (Å²) in [6.45, 7) is 5.21. The molecule has 1 aromatic rings. The molecule has 1 heterocycles. The van der Waals surface area contributed by atoms with E-state index in [1.54, 1.807) is 0 Å². The van der Waals surface area contributed by atoms with Gasteiger partial charge in [-0.05, 0) is 13.0 Å². The minimum absolute atomic E-state index is 0.349. The Morgan fingerprint density at radius 1 is 1.42 bits per heavy atom. The van der Waals surface area contributed by atoms with Gasteiger partial charge < -0.3 is 14.2 Å². The summed E-state index contributed by atoms with van der Waals surface area (Å²) < 4.78 is 16.1. The highest BCUT2D eigenvalue weighted by Crippen LogP contribution is 1.92. The second-order valence-corrected chi connectivity index (χ2v) is 3.42. The molecule has 0 radical (unpaired) electrons. The van der Waals surface area contributed by atoms with E-state index >= 15 is 0 Å². The number of carbonyl (C=O) groups excluding carboxylic acids is 1. The lowest BCUT2D eigenvalue weighted by atomic mass is 10.5. The van der Waals surface area contributed by atoms with Crippen molar-refractivity contribution in [3.8, 4) is 12.3 Å². The largest absolute Gasteiger partial charge is 0.471 e. The van der Waals surface area contributed by atoms with Gasteiger partial charge in [-0.2, -0.15) is 5.10 Å². The number of terminal acetylenes is 1. The zero-order chi connectivity index (χ0) is 14.3. The van der Waals surface area contributed by atoms with Crippen molar-refractivity contribution < 1.29 is 19.0 Å². The molecule has 1 rings (SSSR count). The molecule has 0 spiro atoms. The number of methoxy groups -OCH3 is 1. The fourth-order valence-electron chi connectivity index (χ4n) is 1.10. The Kier molecular flexibility index (Phi) is 11.4. The summed E-state index contributed by atoms with van der Waals surface area (Å²) in [6, 6.07) is 1.97. The lowest BCUT2D eigenvalue weighted by Gasteiger charge is -2.04. The third kappa shape index (κ3) is 11.0. The van der Waals surface area contributed by atoms with Crippen molar-refractivity contribution in [2.24, 2.45) is 0 Å². The standard InChI is InChI=1S/C11H16N2O2.C2H4O2/c1-3-7-14-9-10-15-8-6-13-5-4-11(2)12-13;1-4-2-3/h1,4-5H,6-10H2,2H3;2H,1H3. The summed E-state index contributed by atoms with van der Waals surface area (Å²) in [4.78, 5) is 8.95. The number of hydrogen-bond acceptors (Lipinski definition) is 5. The minimum atomic E-state index is 0.349. The fraction of sp³-hybridized carbons (Fsp3) is 0.538. The predicted molar refractivity (Wildman–Crippen MR) is 70.5 cm³/mol. The van der Waals surface area contributed by atoms with E-state index in [1.165, 1.54) is 7.11 Å². The maximum atomic E-state index is 8.95. The van der Waals surface area contributed by atoms with Gasteiger partial charge in [0.25, 0.3) is 6.47 Å². The molecule has 0 unspecified atom stereocenters. The summed E-state index contributed by atoms with van der Waals surface area (Å²) in [5.74, 6) is 2.40. The van der Waals surface area contributed by atoms with Crippen LogP contribution in [0.1, 0.15) is 5.69 Å². The molecule has 6 nitrogen and oxygen atoms in total. The van der Waals surface area contributed by atoms with Crippen LogP contribution in [0.5, 0.6) is 0 Å². The Morgan fingerprint density at radius 2 is 2.11 bits per heavy atom. The Balaban J connectivity index is 0.000000711. The first-order chi connectivity index (χ1) is 9.24. The van der Waals surface area contributed by atoms with Gasteiger partial charge in [-0.15, -0.1) is 6.42 Å². The Bertz CT molecular complexity index is 371. The molecule has 0 fully saturated rings. The maximum Gasteiger partial charge on any atom is 0.292 e. The molecule has 0 saturated heterocycles. The molecule has 0 amide bonds. The van der Waals surface area contributed by atoms with E-state index in [9.17, 15) is 0 Å². The van der Waals surface area contributed by atoms with Crippen LogP contribution >= 0.6 is 0 Å². The van der Waals surface area contributed by atoms with Crippen LogP contribution in [-0.2, 0) is 25.5 Å². The zero-order valence-electron chi connectivity index (χ0n) is 11.4. The molecule has 0 aliphatic heterocycles. The monoisotopic (exact) mass is 268 g/mol. The third-order valence-corrected chi connectivity index (χ3v) is 1.89. The number of ether oxygens (including phenoxy) is 3. The molecule has 0 bridgehead atoms. The summed E-state index contributed by atoms with van der Waals surface area (Å²) in [7, 11) is 1.31. The number of hydrogen-bond donors (Lipinski definition) is 0. The lowest BCUT2D eigenvalue weighted by molar-refractivity contribution is -0.126. The van der Waals surface area contributed by atoms with E-state index in [1.807, 2.05) is 23.9 Å². The molecule has 106 valence electrons. The summed E-state index contributed by atoms with van der Waals surface area (Å²) in [5, 5.41) is 4.24. The first-order valence-corrected chi connectivity index (χ1v) is 5.80. The van der Waals surface area contributed by atoms with Gasteiger partial charge in [-0.3, -0.25) is 9.48 Å². The van der Waals surface area contributed by atoms with Crippen LogP contribution in [0.2, 0.25) is 0 Å². The maximum absolute atomic E-state index is 8.95. The minimum Gasteiger partial charge on any atom is -0.471 e. The van der Waals surface area contributed by atoms with Crippen molar-refractivity contribution in [3.63, 3.8) is 0 Å². The SMILES string of the molecule is C#CCOCCOCCn1ccc(C)n1.COC=O. The highest BCUT2D eigenvalue weighted by molar-refractivity contribution is 5.36. The quantitative estimate of drug-likeness (QED) is 0.393. The second-order valence-electron chi connectivity index (χ2n) is 3.42. The van der Waals surface area contributed by atoms with Crippen molar-refractivity contribution in [2.75, 3.05) is 33.5 Å². The number of aryl methyl sites for hydroxylation is 1. The van der Waals surface area contributed by atoms with Crippen LogP contribution in [0, 0.1) is 19.3 Å². The van der Waals surface area contributed by atoms with Gasteiger partial charge in [0, 0.05) is 6.20 Å². The highest BCUT2D eigenvalue weighted by Gasteiger charge is 1.93. The average molecular weight is 268 g/mol. The summed E-state index contributed by atoms with van der Waals surface area (Å²) >= 11 is 0. The average Bonchev–Trinajstić information content (AvgIpc) is 2.84.